The van der Waals surface area contributed by atoms with Crippen molar-refractivity contribution in [2.45, 2.75) is 11.6 Å². The van der Waals surface area contributed by atoms with Gasteiger partial charge in [0, 0.05) is 18.0 Å². The fourth-order valence-corrected chi connectivity index (χ4v) is 3.21. The number of aromatic nitrogens is 2. The maximum absolute atomic E-state index is 11.7. The van der Waals surface area contributed by atoms with E-state index in [1.54, 1.807) is 6.26 Å². The first-order valence-electron chi connectivity index (χ1n) is 7.58. The SMILES string of the molecule is CS(=O)(=O)c1ncc2c(-c3ccccc3)c(Cc3ccco3)oc2n1. The molecule has 0 unspecified atom stereocenters. The molecule has 0 bridgehead atoms. The van der Waals surface area contributed by atoms with Crippen molar-refractivity contribution in [3.8, 4) is 11.1 Å². The van der Waals surface area contributed by atoms with Crippen LogP contribution in [0.2, 0.25) is 0 Å². The van der Waals surface area contributed by atoms with Gasteiger partial charge in [-0.1, -0.05) is 30.3 Å². The Morgan fingerprint density at radius 3 is 2.56 bits per heavy atom. The standard InChI is InChI=1S/C18H14N2O4S/c1-25(21,22)18-19-11-14-16(12-6-3-2-4-7-12)15(24-17(14)20-18)10-13-8-5-9-23-13/h2-9,11H,10H2,1H3. The van der Waals surface area contributed by atoms with Crippen LogP contribution >= 0.6 is 0 Å². The topological polar surface area (TPSA) is 86.2 Å². The first-order valence-corrected chi connectivity index (χ1v) is 9.48. The van der Waals surface area contributed by atoms with Crippen LogP contribution in [0.25, 0.3) is 22.2 Å². The molecule has 0 atom stereocenters. The summed E-state index contributed by atoms with van der Waals surface area (Å²) in [4.78, 5) is 8.08. The number of rotatable bonds is 4. The van der Waals surface area contributed by atoms with Crippen LogP contribution < -0.4 is 0 Å². The molecule has 0 saturated carbocycles. The summed E-state index contributed by atoms with van der Waals surface area (Å²) in [5.74, 6) is 1.39. The van der Waals surface area contributed by atoms with Crippen LogP contribution in [0.1, 0.15) is 11.5 Å². The van der Waals surface area contributed by atoms with Gasteiger partial charge in [0.15, 0.2) is 0 Å². The summed E-state index contributed by atoms with van der Waals surface area (Å²) >= 11 is 0. The summed E-state index contributed by atoms with van der Waals surface area (Å²) in [6.07, 6.45) is 4.60. The lowest BCUT2D eigenvalue weighted by atomic mass is 10.0. The van der Waals surface area contributed by atoms with Crippen LogP contribution in [0, 0.1) is 0 Å². The number of nitrogens with zero attached hydrogens (tertiary/aromatic N) is 2. The van der Waals surface area contributed by atoms with Crippen LogP contribution in [0.5, 0.6) is 0 Å². The third-order valence-corrected chi connectivity index (χ3v) is 4.67. The Morgan fingerprint density at radius 1 is 1.08 bits per heavy atom. The van der Waals surface area contributed by atoms with E-state index in [-0.39, 0.29) is 10.9 Å². The Labute approximate surface area is 144 Å². The molecule has 0 aliphatic carbocycles. The predicted octanol–water partition coefficient (Wildman–Crippen LogP) is 3.48. The Hall–Kier alpha value is -2.93. The molecular formula is C18H14N2O4S. The Morgan fingerprint density at radius 2 is 1.88 bits per heavy atom. The zero-order valence-electron chi connectivity index (χ0n) is 13.3. The van der Waals surface area contributed by atoms with E-state index in [1.807, 2.05) is 42.5 Å². The molecule has 6 nitrogen and oxygen atoms in total. The van der Waals surface area contributed by atoms with Crippen LogP contribution in [-0.4, -0.2) is 24.6 Å². The van der Waals surface area contributed by atoms with Crippen molar-refractivity contribution in [2.75, 3.05) is 6.26 Å². The van der Waals surface area contributed by atoms with Crippen LogP contribution in [0.4, 0.5) is 0 Å². The minimum absolute atomic E-state index is 0.246. The average molecular weight is 354 g/mol. The molecule has 126 valence electrons. The fraction of sp³-hybridized carbons (Fsp3) is 0.111. The molecule has 0 spiro atoms. The van der Waals surface area contributed by atoms with Crippen molar-refractivity contribution in [1.82, 2.24) is 9.97 Å². The lowest BCUT2D eigenvalue weighted by Crippen LogP contribution is -2.03. The number of benzene rings is 1. The van der Waals surface area contributed by atoms with Gasteiger partial charge in [0.2, 0.25) is 20.7 Å². The van der Waals surface area contributed by atoms with Crippen molar-refractivity contribution in [3.63, 3.8) is 0 Å². The summed E-state index contributed by atoms with van der Waals surface area (Å²) < 4.78 is 34.7. The van der Waals surface area contributed by atoms with Gasteiger partial charge in [0.1, 0.15) is 11.5 Å². The number of fused-ring (bicyclic) bond motifs is 1. The zero-order chi connectivity index (χ0) is 17.4. The van der Waals surface area contributed by atoms with Crippen molar-refractivity contribution >= 4 is 20.9 Å². The van der Waals surface area contributed by atoms with E-state index in [1.165, 1.54) is 6.20 Å². The molecule has 0 N–H and O–H groups in total. The molecule has 0 saturated heterocycles. The average Bonchev–Trinajstić information content (AvgIpc) is 3.21. The first-order chi connectivity index (χ1) is 12.0. The molecule has 25 heavy (non-hydrogen) atoms. The highest BCUT2D eigenvalue weighted by molar-refractivity contribution is 7.90. The summed E-state index contributed by atoms with van der Waals surface area (Å²) in [6, 6.07) is 13.4. The highest BCUT2D eigenvalue weighted by Crippen LogP contribution is 2.35. The van der Waals surface area contributed by atoms with Gasteiger partial charge in [0.25, 0.3) is 0 Å². The highest BCUT2D eigenvalue weighted by atomic mass is 32.2. The van der Waals surface area contributed by atoms with E-state index >= 15 is 0 Å². The molecule has 0 fully saturated rings. The molecule has 0 radical (unpaired) electrons. The maximum Gasteiger partial charge on any atom is 0.250 e. The van der Waals surface area contributed by atoms with E-state index in [4.69, 9.17) is 8.83 Å². The van der Waals surface area contributed by atoms with E-state index in [0.29, 0.717) is 17.6 Å². The lowest BCUT2D eigenvalue weighted by Gasteiger charge is -2.02. The molecule has 0 amide bonds. The Balaban J connectivity index is 1.95. The molecule has 3 heterocycles. The third kappa shape index (κ3) is 2.94. The van der Waals surface area contributed by atoms with Gasteiger partial charge < -0.3 is 8.83 Å². The quantitative estimate of drug-likeness (QED) is 0.522. The normalized spacial score (nSPS) is 11.9. The molecule has 4 aromatic rings. The third-order valence-electron chi connectivity index (χ3n) is 3.81. The number of hydrogen-bond acceptors (Lipinski definition) is 6. The number of furan rings is 2. The second kappa shape index (κ2) is 5.86. The van der Waals surface area contributed by atoms with E-state index < -0.39 is 9.84 Å². The summed E-state index contributed by atoms with van der Waals surface area (Å²) in [6.45, 7) is 0. The first kappa shape index (κ1) is 15.6. The minimum atomic E-state index is -3.51. The van der Waals surface area contributed by atoms with Gasteiger partial charge in [-0.15, -0.1) is 0 Å². The second-order valence-corrected chi connectivity index (χ2v) is 7.58. The highest BCUT2D eigenvalue weighted by Gasteiger charge is 2.21. The van der Waals surface area contributed by atoms with E-state index in [0.717, 1.165) is 23.1 Å². The zero-order valence-corrected chi connectivity index (χ0v) is 14.2. The summed E-state index contributed by atoms with van der Waals surface area (Å²) in [7, 11) is -3.51. The lowest BCUT2D eigenvalue weighted by molar-refractivity contribution is 0.486. The van der Waals surface area contributed by atoms with Crippen LogP contribution in [-0.2, 0) is 16.3 Å². The molecule has 3 aromatic heterocycles. The summed E-state index contributed by atoms with van der Waals surface area (Å²) in [5, 5.41) is 0.415. The molecule has 4 rings (SSSR count). The van der Waals surface area contributed by atoms with Gasteiger partial charge in [-0.2, -0.15) is 4.98 Å². The van der Waals surface area contributed by atoms with Crippen molar-refractivity contribution < 1.29 is 17.3 Å². The van der Waals surface area contributed by atoms with E-state index in [2.05, 4.69) is 9.97 Å². The minimum Gasteiger partial charge on any atom is -0.469 e. The van der Waals surface area contributed by atoms with Crippen molar-refractivity contribution in [1.29, 1.82) is 0 Å². The van der Waals surface area contributed by atoms with Crippen LogP contribution in [0.15, 0.2) is 68.9 Å². The van der Waals surface area contributed by atoms with Gasteiger partial charge >= 0.3 is 0 Å². The summed E-state index contributed by atoms with van der Waals surface area (Å²) in [5.41, 5.74) is 2.03. The van der Waals surface area contributed by atoms with Gasteiger partial charge in [-0.05, 0) is 17.7 Å². The fourth-order valence-electron chi connectivity index (χ4n) is 2.71. The van der Waals surface area contributed by atoms with Gasteiger partial charge in [-0.25, -0.2) is 13.4 Å². The molecule has 0 aliphatic rings. The van der Waals surface area contributed by atoms with E-state index in [9.17, 15) is 8.42 Å². The maximum atomic E-state index is 11.7. The number of hydrogen-bond donors (Lipinski definition) is 0. The predicted molar refractivity (Wildman–Crippen MR) is 91.9 cm³/mol. The number of sulfone groups is 1. The molecule has 7 heteroatoms. The van der Waals surface area contributed by atoms with Crippen molar-refractivity contribution in [2.24, 2.45) is 0 Å². The largest absolute Gasteiger partial charge is 0.469 e. The Kier molecular flexibility index (Phi) is 3.65. The van der Waals surface area contributed by atoms with Gasteiger partial charge in [0.05, 0.1) is 18.1 Å². The second-order valence-electron chi connectivity index (χ2n) is 5.67. The smallest absolute Gasteiger partial charge is 0.250 e. The molecular weight excluding hydrogens is 340 g/mol. The molecule has 0 aliphatic heterocycles. The molecule has 1 aromatic carbocycles. The monoisotopic (exact) mass is 354 g/mol. The van der Waals surface area contributed by atoms with Crippen molar-refractivity contribution in [3.05, 3.63) is 66.4 Å². The van der Waals surface area contributed by atoms with Gasteiger partial charge in [-0.3, -0.25) is 0 Å². The van der Waals surface area contributed by atoms with Crippen LogP contribution in [0.3, 0.4) is 0 Å². The Bertz CT molecular complexity index is 1130.